The lowest BCUT2D eigenvalue weighted by Gasteiger charge is -2.27. The van der Waals surface area contributed by atoms with E-state index in [-0.39, 0.29) is 0 Å². The average Bonchev–Trinajstić information content (AvgIpc) is 3.30. The second kappa shape index (κ2) is 11.2. The molecule has 8 aromatic rings. The van der Waals surface area contributed by atoms with Crippen LogP contribution in [-0.2, 0) is 0 Å². The van der Waals surface area contributed by atoms with Crippen LogP contribution in [0.15, 0.2) is 176 Å². The van der Waals surface area contributed by atoms with E-state index in [1.165, 1.54) is 27.5 Å². The molecule has 0 unspecified atom stereocenters. The molecular weight excluding hydrogens is 574 g/mol. The van der Waals surface area contributed by atoms with Crippen molar-refractivity contribution in [2.75, 3.05) is 4.90 Å². The normalized spacial score (nSPS) is 11.7. The molecule has 1 aliphatic rings. The Morgan fingerprint density at radius 2 is 0.957 bits per heavy atom. The molecule has 0 atom stereocenters. The van der Waals surface area contributed by atoms with E-state index in [1.807, 2.05) is 36.4 Å². The summed E-state index contributed by atoms with van der Waals surface area (Å²) in [4.78, 5) is 2.28. The van der Waals surface area contributed by atoms with Crippen LogP contribution >= 0.6 is 0 Å². The van der Waals surface area contributed by atoms with E-state index >= 15 is 0 Å². The van der Waals surface area contributed by atoms with Crippen molar-refractivity contribution in [1.82, 2.24) is 0 Å². The number of fused-ring (bicyclic) bond motifs is 2. The average molecular weight is 604 g/mol. The molecule has 0 N–H and O–H groups in total. The van der Waals surface area contributed by atoms with Gasteiger partial charge in [0.05, 0.1) is 11.1 Å². The summed E-state index contributed by atoms with van der Waals surface area (Å²) >= 11 is 0. The Morgan fingerprint density at radius 1 is 0.340 bits per heavy atom. The van der Waals surface area contributed by atoms with Gasteiger partial charge in [0.25, 0.3) is 0 Å². The zero-order valence-corrected chi connectivity index (χ0v) is 25.5. The third-order valence-corrected chi connectivity index (χ3v) is 8.89. The summed E-state index contributed by atoms with van der Waals surface area (Å²) in [5, 5.41) is 4.54. The highest BCUT2D eigenvalue weighted by atomic mass is 16.5. The van der Waals surface area contributed by atoms with Gasteiger partial charge in [-0.3, -0.25) is 0 Å². The second-order valence-corrected chi connectivity index (χ2v) is 11.8. The highest BCUT2D eigenvalue weighted by Crippen LogP contribution is 2.48. The fourth-order valence-electron chi connectivity index (χ4n) is 6.65. The molecule has 0 saturated heterocycles. The van der Waals surface area contributed by atoms with Crippen LogP contribution in [0.5, 0.6) is 23.0 Å². The van der Waals surface area contributed by atoms with Gasteiger partial charge in [-0.1, -0.05) is 121 Å². The standard InChI is InChI=1S/C44H29NO2/c1-2-10-30(11-3-1)34-16-6-17-36(28-34)45(35-24-22-32(23-25-35)39-19-7-13-31-12-4-5-18-38(31)39)37-26-27-40-43(29-37)47-42-21-9-15-33-14-8-20-41(46-40)44(33)42/h1-29H. The largest absolute Gasteiger partial charge is 0.453 e. The molecule has 0 spiro atoms. The molecule has 8 aromatic carbocycles. The second-order valence-electron chi connectivity index (χ2n) is 11.8. The van der Waals surface area contributed by atoms with Crippen molar-refractivity contribution < 1.29 is 9.47 Å². The predicted octanol–water partition coefficient (Wildman–Crippen LogP) is 12.7. The Morgan fingerprint density at radius 3 is 1.79 bits per heavy atom. The number of ether oxygens (including phenoxy) is 2. The molecule has 0 aromatic heterocycles. The van der Waals surface area contributed by atoms with Gasteiger partial charge in [-0.2, -0.15) is 0 Å². The number of benzene rings is 8. The highest BCUT2D eigenvalue weighted by Gasteiger charge is 2.22. The topological polar surface area (TPSA) is 21.7 Å². The minimum absolute atomic E-state index is 0.669. The number of rotatable bonds is 5. The molecule has 0 amide bonds. The number of nitrogens with zero attached hydrogens (tertiary/aromatic N) is 1. The van der Waals surface area contributed by atoms with Crippen molar-refractivity contribution in [3.63, 3.8) is 0 Å². The first kappa shape index (κ1) is 27.0. The lowest BCUT2D eigenvalue weighted by Crippen LogP contribution is -2.10. The van der Waals surface area contributed by atoms with E-state index in [4.69, 9.17) is 9.47 Å². The van der Waals surface area contributed by atoms with Gasteiger partial charge in [0, 0.05) is 17.4 Å². The molecule has 0 bridgehead atoms. The summed E-state index contributed by atoms with van der Waals surface area (Å²) in [7, 11) is 0. The van der Waals surface area contributed by atoms with Crippen molar-refractivity contribution in [2.24, 2.45) is 0 Å². The van der Waals surface area contributed by atoms with Crippen LogP contribution in [0.25, 0.3) is 43.8 Å². The van der Waals surface area contributed by atoms with Gasteiger partial charge >= 0.3 is 0 Å². The van der Waals surface area contributed by atoms with E-state index in [2.05, 4.69) is 144 Å². The summed E-state index contributed by atoms with van der Waals surface area (Å²) < 4.78 is 13.1. The molecule has 9 rings (SSSR count). The molecule has 3 heteroatoms. The molecule has 0 saturated carbocycles. The van der Waals surface area contributed by atoms with Crippen LogP contribution in [0.2, 0.25) is 0 Å². The van der Waals surface area contributed by atoms with Crippen LogP contribution in [0, 0.1) is 0 Å². The van der Waals surface area contributed by atoms with Crippen molar-refractivity contribution in [1.29, 1.82) is 0 Å². The minimum atomic E-state index is 0.669. The summed E-state index contributed by atoms with van der Waals surface area (Å²) in [6.45, 7) is 0. The van der Waals surface area contributed by atoms with Gasteiger partial charge in [0.15, 0.2) is 11.5 Å². The number of hydrogen-bond acceptors (Lipinski definition) is 3. The predicted molar refractivity (Wildman–Crippen MR) is 194 cm³/mol. The summed E-state index contributed by atoms with van der Waals surface area (Å²) in [5.74, 6) is 2.93. The van der Waals surface area contributed by atoms with Gasteiger partial charge in [-0.15, -0.1) is 0 Å². The van der Waals surface area contributed by atoms with Crippen molar-refractivity contribution in [3.8, 4) is 45.3 Å². The summed E-state index contributed by atoms with van der Waals surface area (Å²) in [6, 6.07) is 61.4. The maximum Gasteiger partial charge on any atom is 0.172 e. The first-order chi connectivity index (χ1) is 23.3. The van der Waals surface area contributed by atoms with Crippen LogP contribution in [-0.4, -0.2) is 0 Å². The Labute approximate surface area is 273 Å². The van der Waals surface area contributed by atoms with Crippen molar-refractivity contribution in [2.45, 2.75) is 0 Å². The van der Waals surface area contributed by atoms with Crippen LogP contribution in [0.4, 0.5) is 17.1 Å². The van der Waals surface area contributed by atoms with Gasteiger partial charge in [-0.05, 0) is 86.9 Å². The first-order valence-corrected chi connectivity index (χ1v) is 15.8. The fourth-order valence-corrected chi connectivity index (χ4v) is 6.65. The van der Waals surface area contributed by atoms with Crippen LogP contribution in [0.1, 0.15) is 0 Å². The zero-order chi connectivity index (χ0) is 31.2. The van der Waals surface area contributed by atoms with Crippen LogP contribution in [0.3, 0.4) is 0 Å². The molecule has 47 heavy (non-hydrogen) atoms. The minimum Gasteiger partial charge on any atom is -0.453 e. The quantitative estimate of drug-likeness (QED) is 0.195. The Balaban J connectivity index is 1.17. The van der Waals surface area contributed by atoms with Gasteiger partial charge in [0.2, 0.25) is 0 Å². The Bertz CT molecular complexity index is 2400. The van der Waals surface area contributed by atoms with Crippen molar-refractivity contribution >= 4 is 38.6 Å². The zero-order valence-electron chi connectivity index (χ0n) is 25.5. The van der Waals surface area contributed by atoms with E-state index in [0.29, 0.717) is 11.5 Å². The third kappa shape index (κ3) is 4.86. The van der Waals surface area contributed by atoms with E-state index in [0.717, 1.165) is 44.9 Å². The Kier molecular flexibility index (Phi) is 6.46. The lowest BCUT2D eigenvalue weighted by molar-refractivity contribution is 0.439. The SMILES string of the molecule is c1ccc(-c2cccc(N(c3ccc(-c4cccc5ccccc45)cc3)c3ccc4c(c3)Oc3cccc5cccc(c35)O4)c2)cc1. The van der Waals surface area contributed by atoms with Gasteiger partial charge < -0.3 is 14.4 Å². The van der Waals surface area contributed by atoms with Gasteiger partial charge in [-0.25, -0.2) is 0 Å². The van der Waals surface area contributed by atoms with E-state index < -0.39 is 0 Å². The first-order valence-electron chi connectivity index (χ1n) is 15.8. The lowest BCUT2D eigenvalue weighted by atomic mass is 9.98. The molecule has 222 valence electrons. The molecule has 1 heterocycles. The smallest absolute Gasteiger partial charge is 0.172 e. The highest BCUT2D eigenvalue weighted by molar-refractivity contribution is 5.97. The molecule has 0 aliphatic carbocycles. The van der Waals surface area contributed by atoms with Crippen molar-refractivity contribution in [3.05, 3.63) is 176 Å². The molecule has 3 nitrogen and oxygen atoms in total. The fraction of sp³-hybridized carbons (Fsp3) is 0. The van der Waals surface area contributed by atoms with E-state index in [9.17, 15) is 0 Å². The molecule has 0 fully saturated rings. The summed E-state index contributed by atoms with van der Waals surface area (Å²) in [6.07, 6.45) is 0. The molecule has 1 aliphatic heterocycles. The Hall–Kier alpha value is -6.32. The van der Waals surface area contributed by atoms with Gasteiger partial charge in [0.1, 0.15) is 11.5 Å². The number of anilines is 3. The maximum atomic E-state index is 6.60. The molecular formula is C44H29NO2. The number of hydrogen-bond donors (Lipinski definition) is 0. The monoisotopic (exact) mass is 603 g/mol. The third-order valence-electron chi connectivity index (χ3n) is 8.89. The molecule has 0 radical (unpaired) electrons. The summed E-state index contributed by atoms with van der Waals surface area (Å²) in [5.41, 5.74) is 7.77. The van der Waals surface area contributed by atoms with E-state index in [1.54, 1.807) is 0 Å². The maximum absolute atomic E-state index is 6.60. The van der Waals surface area contributed by atoms with Crippen LogP contribution < -0.4 is 14.4 Å².